The van der Waals surface area contributed by atoms with E-state index in [1.165, 1.54) is 0 Å². The first-order chi connectivity index (χ1) is 31.7. The molecule has 432 valence electrons. The highest BCUT2D eigenvalue weighted by atomic mass is 19.4. The molecule has 0 aliphatic rings. The average Bonchev–Trinajstić information content (AvgIpc) is 3.18. The molecule has 1 aromatic carbocycles. The summed E-state index contributed by atoms with van der Waals surface area (Å²) in [7, 11) is 0. The molecule has 0 aromatic heterocycles. The Balaban J connectivity index is 4.00. The van der Waals surface area contributed by atoms with E-state index in [1.54, 1.807) is 0 Å². The van der Waals surface area contributed by atoms with Gasteiger partial charge in [-0.2, -0.15) is 176 Å². The highest BCUT2D eigenvalue weighted by Gasteiger charge is 3.03. The molecule has 1 rings (SSSR count). The van der Waals surface area contributed by atoms with Gasteiger partial charge < -0.3 is 5.32 Å². The van der Waals surface area contributed by atoms with Crippen molar-refractivity contribution >= 4 is 17.7 Å². The van der Waals surface area contributed by atoms with Crippen molar-refractivity contribution in [2.24, 2.45) is 4.99 Å². The molecule has 0 bridgehead atoms. The number of amides is 1. The number of nitrogens with zero attached hydrogens (tertiary/aromatic N) is 1. The van der Waals surface area contributed by atoms with Gasteiger partial charge in [0.1, 0.15) is 0 Å². The third kappa shape index (κ3) is 8.44. The Morgan fingerprint density at radius 1 is 0.419 bits per heavy atom. The molecule has 0 fully saturated rings. The molecule has 0 heterocycles. The maximum absolute atomic E-state index is 14.6. The van der Waals surface area contributed by atoms with E-state index in [-0.39, 0.29) is 12.5 Å². The van der Waals surface area contributed by atoms with E-state index < -0.39 is 142 Å². The molecule has 1 amide bonds. The second-order valence-electron chi connectivity index (χ2n) is 14.7. The number of nitrogens with one attached hydrogen (secondary N) is 1. The lowest BCUT2D eigenvalue weighted by atomic mass is 9.81. The second-order valence-corrected chi connectivity index (χ2v) is 14.7. The lowest BCUT2D eigenvalue weighted by molar-refractivity contribution is -0.494. The van der Waals surface area contributed by atoms with Gasteiger partial charge in [0.15, 0.2) is 0 Å². The van der Waals surface area contributed by atoms with Gasteiger partial charge in [-0.15, -0.1) is 0 Å². The van der Waals surface area contributed by atoms with Crippen molar-refractivity contribution in [2.75, 3.05) is 0 Å². The molecule has 1 N–H and O–H groups in total. The van der Waals surface area contributed by atoms with E-state index in [9.17, 15) is 181 Å². The normalized spacial score (nSPS) is 16.5. The molecule has 0 aliphatic heterocycles. The number of rotatable bonds is 22. The summed E-state index contributed by atoms with van der Waals surface area (Å²) in [5, 5.41) is 1.15. The zero-order valence-electron chi connectivity index (χ0n) is 33.5. The molecular formula is C31H13F39N2O2. The number of hydrogen-bond donors (Lipinski definition) is 1. The molecule has 43 heteroatoms. The first-order valence-electron chi connectivity index (χ1n) is 17.1. The SMILES string of the molecule is Cc1cccc(N=C=O)c1C(=O)NC(C)CC(F)(F)C(F)(F)C(F)(F)C(F)(F)C(F)(F)C(F)(F)C(F)(F)C(F)(F)C(F)(F)C(F)(F)C(F)(F)C(F)(F)C(F)(F)C(F)(F)C(F)(F)C(F)(F)C(F)(F)C(F)(F)C(F)(F)F. The van der Waals surface area contributed by atoms with Crippen LogP contribution in [0.4, 0.5) is 177 Å². The molecule has 74 heavy (non-hydrogen) atoms. The van der Waals surface area contributed by atoms with Crippen molar-refractivity contribution in [1.82, 2.24) is 5.32 Å². The minimum absolute atomic E-state index is 0.0477. The van der Waals surface area contributed by atoms with E-state index >= 15 is 0 Å². The summed E-state index contributed by atoms with van der Waals surface area (Å²) < 4.78 is 543. The Morgan fingerprint density at radius 3 is 0.878 bits per heavy atom. The first kappa shape index (κ1) is 67.4. The fourth-order valence-electron chi connectivity index (χ4n) is 5.31. The van der Waals surface area contributed by atoms with Crippen LogP contribution in [0.5, 0.6) is 0 Å². The number of carbonyl (C=O) groups excluding carboxylic acids is 2. The van der Waals surface area contributed by atoms with Crippen molar-refractivity contribution in [3.05, 3.63) is 29.3 Å². The van der Waals surface area contributed by atoms with Crippen molar-refractivity contribution in [3.8, 4) is 0 Å². The van der Waals surface area contributed by atoms with E-state index in [2.05, 4.69) is 4.99 Å². The van der Waals surface area contributed by atoms with Crippen LogP contribution < -0.4 is 5.32 Å². The molecule has 0 saturated carbocycles. The highest BCUT2D eigenvalue weighted by molar-refractivity contribution is 6.00. The number of benzene rings is 1. The fourth-order valence-corrected chi connectivity index (χ4v) is 5.31. The van der Waals surface area contributed by atoms with E-state index in [0.717, 1.165) is 36.5 Å². The summed E-state index contributed by atoms with van der Waals surface area (Å²) in [4.78, 5) is 25.9. The van der Waals surface area contributed by atoms with Gasteiger partial charge in [0.2, 0.25) is 6.08 Å². The van der Waals surface area contributed by atoms with Gasteiger partial charge in [0.05, 0.1) is 11.3 Å². The predicted octanol–water partition coefficient (Wildman–Crippen LogP) is 14.5. The van der Waals surface area contributed by atoms with Crippen LogP contribution in [0.25, 0.3) is 0 Å². The molecular weight excluding hydrogens is 1170 g/mol. The minimum Gasteiger partial charge on any atom is -0.349 e. The van der Waals surface area contributed by atoms with Crippen molar-refractivity contribution in [1.29, 1.82) is 0 Å². The predicted molar refractivity (Wildman–Crippen MR) is 156 cm³/mol. The third-order valence-electron chi connectivity index (χ3n) is 9.71. The van der Waals surface area contributed by atoms with E-state index in [4.69, 9.17) is 0 Å². The minimum atomic E-state index is -10.6. The maximum Gasteiger partial charge on any atom is 0.460 e. The van der Waals surface area contributed by atoms with Gasteiger partial charge in [-0.1, -0.05) is 12.1 Å². The fraction of sp³-hybridized carbons (Fsp3) is 0.742. The van der Waals surface area contributed by atoms with Crippen molar-refractivity contribution in [2.45, 2.75) is 139 Å². The Kier molecular flexibility index (Phi) is 16.4. The van der Waals surface area contributed by atoms with E-state index in [0.29, 0.717) is 0 Å². The lowest BCUT2D eigenvalue weighted by Gasteiger charge is -2.47. The van der Waals surface area contributed by atoms with Crippen molar-refractivity contribution in [3.63, 3.8) is 0 Å². The molecule has 0 spiro atoms. The van der Waals surface area contributed by atoms with Crippen molar-refractivity contribution < 1.29 is 181 Å². The Bertz CT molecular complexity index is 2290. The summed E-state index contributed by atoms with van der Waals surface area (Å²) in [5.41, 5.74) is -2.12. The number of isocyanates is 1. The number of hydrogen-bond acceptors (Lipinski definition) is 3. The number of carbonyl (C=O) groups is 1. The summed E-state index contributed by atoms with van der Waals surface area (Å²) in [6.45, 7) is 0.857. The van der Waals surface area contributed by atoms with Crippen LogP contribution in [0.3, 0.4) is 0 Å². The molecule has 4 nitrogen and oxygen atoms in total. The van der Waals surface area contributed by atoms with Gasteiger partial charge in [-0.05, 0) is 25.5 Å². The standard InChI is InChI=1S/C31H13F39N2O2/c1-8-4-3-5-10(71-7-73)11(8)12(74)72-9(2)6-13(32,33)14(34,35)15(36,37)16(38,39)17(40,41)18(42,43)19(44,45)20(46,47)21(48,49)22(50,51)23(52,53)24(54,55)25(56,57)26(58,59)27(60,61)28(62,63)29(64,65)30(66,67)31(68,69)70/h3-5,9H,6H2,1-2H3,(H,72,74). The zero-order chi connectivity index (χ0) is 60.3. The monoisotopic (exact) mass is 1190 g/mol. The lowest BCUT2D eigenvalue weighted by Crippen LogP contribution is -2.80. The molecule has 0 aliphatic carbocycles. The maximum atomic E-state index is 14.6. The summed E-state index contributed by atoms with van der Waals surface area (Å²) in [6.07, 6.45) is -11.2. The Hall–Kier alpha value is -4.66. The third-order valence-corrected chi connectivity index (χ3v) is 9.71. The van der Waals surface area contributed by atoms with Crippen LogP contribution in [-0.2, 0) is 4.79 Å². The van der Waals surface area contributed by atoms with Crippen LogP contribution in [-0.4, -0.2) is 131 Å². The smallest absolute Gasteiger partial charge is 0.349 e. The van der Waals surface area contributed by atoms with Gasteiger partial charge >= 0.3 is 113 Å². The Morgan fingerprint density at radius 2 is 0.649 bits per heavy atom. The summed E-state index contributed by atoms with van der Waals surface area (Å²) >= 11 is 0. The Labute approximate surface area is 378 Å². The van der Waals surface area contributed by atoms with Crippen LogP contribution in [0.1, 0.15) is 29.3 Å². The van der Waals surface area contributed by atoms with Crippen LogP contribution in [0.15, 0.2) is 23.2 Å². The molecule has 1 unspecified atom stereocenters. The number of halogens is 39. The molecule has 1 atom stereocenters. The average molecular weight is 1190 g/mol. The van der Waals surface area contributed by atoms with Gasteiger partial charge in [-0.3, -0.25) is 4.79 Å². The zero-order valence-corrected chi connectivity index (χ0v) is 33.5. The van der Waals surface area contributed by atoms with E-state index in [1.807, 2.05) is 0 Å². The van der Waals surface area contributed by atoms with Crippen LogP contribution in [0.2, 0.25) is 0 Å². The summed E-state index contributed by atoms with van der Waals surface area (Å²) in [5.74, 6) is -180. The van der Waals surface area contributed by atoms with Gasteiger partial charge in [0.25, 0.3) is 5.91 Å². The van der Waals surface area contributed by atoms with Crippen LogP contribution in [0, 0.1) is 6.92 Å². The van der Waals surface area contributed by atoms with Gasteiger partial charge in [-0.25, -0.2) is 4.79 Å². The topological polar surface area (TPSA) is 58.5 Å². The molecule has 1 aromatic rings. The number of aryl methyl sites for hydroxylation is 1. The number of aliphatic imine (C=N–C) groups is 1. The largest absolute Gasteiger partial charge is 0.460 e. The highest BCUT2D eigenvalue weighted by Crippen LogP contribution is 2.71. The van der Waals surface area contributed by atoms with Crippen LogP contribution >= 0.6 is 0 Å². The van der Waals surface area contributed by atoms with Gasteiger partial charge in [0, 0.05) is 12.5 Å². The molecule has 0 saturated heterocycles. The quantitative estimate of drug-likeness (QED) is 0.0714. The second kappa shape index (κ2) is 18.0. The number of alkyl halides is 39. The first-order valence-corrected chi connectivity index (χ1v) is 17.1. The summed E-state index contributed by atoms with van der Waals surface area (Å²) in [6, 6.07) is -0.420. The molecule has 0 radical (unpaired) electrons.